The molecule has 21 heavy (non-hydrogen) atoms. The number of nitrogens with zero attached hydrogens (tertiary/aromatic N) is 3. The van der Waals surface area contributed by atoms with Crippen molar-refractivity contribution in [1.82, 2.24) is 20.4 Å². The lowest BCUT2D eigenvalue weighted by atomic mass is 9.85. The summed E-state index contributed by atoms with van der Waals surface area (Å²) >= 11 is 0. The number of nitrogens with one attached hydrogen (secondary N) is 1. The van der Waals surface area contributed by atoms with E-state index in [4.69, 9.17) is 4.52 Å². The number of fused-ring (bicyclic) bond motifs is 1. The Bertz CT molecular complexity index is 574. The lowest BCUT2D eigenvalue weighted by Gasteiger charge is -2.24. The molecule has 1 aliphatic carbocycles. The monoisotopic (exact) mass is 306 g/mol. The minimum Gasteiger partial charge on any atom is -0.337 e. The zero-order valence-corrected chi connectivity index (χ0v) is 12.6. The van der Waals surface area contributed by atoms with Crippen molar-refractivity contribution in [2.75, 3.05) is 0 Å². The molecule has 0 aromatic carbocycles. The average molecular weight is 307 g/mol. The van der Waals surface area contributed by atoms with Crippen molar-refractivity contribution in [2.45, 2.75) is 44.2 Å². The van der Waals surface area contributed by atoms with Crippen molar-refractivity contribution in [3.05, 3.63) is 30.4 Å². The fourth-order valence-electron chi connectivity index (χ4n) is 3.51. The molecule has 0 bridgehead atoms. The zero-order valence-electron chi connectivity index (χ0n) is 11.7. The van der Waals surface area contributed by atoms with Gasteiger partial charge < -0.3 is 9.84 Å². The van der Waals surface area contributed by atoms with Crippen LogP contribution in [0.5, 0.6) is 0 Å². The molecule has 1 aliphatic heterocycles. The van der Waals surface area contributed by atoms with E-state index in [0.29, 0.717) is 11.9 Å². The summed E-state index contributed by atoms with van der Waals surface area (Å²) in [5, 5.41) is 7.76. The van der Waals surface area contributed by atoms with Crippen molar-refractivity contribution in [3.8, 4) is 11.4 Å². The van der Waals surface area contributed by atoms with Crippen LogP contribution in [0.25, 0.3) is 11.4 Å². The topological polar surface area (TPSA) is 63.8 Å². The van der Waals surface area contributed by atoms with Crippen molar-refractivity contribution in [2.24, 2.45) is 5.92 Å². The van der Waals surface area contributed by atoms with E-state index in [9.17, 15) is 0 Å². The first kappa shape index (κ1) is 14.5. The minimum atomic E-state index is 0. The molecular formula is C15H19ClN4O. The number of aromatic nitrogens is 3. The molecule has 2 aromatic rings. The van der Waals surface area contributed by atoms with E-state index in [-0.39, 0.29) is 18.4 Å². The van der Waals surface area contributed by atoms with Gasteiger partial charge in [-0.2, -0.15) is 4.98 Å². The summed E-state index contributed by atoms with van der Waals surface area (Å²) in [5.74, 6) is 2.16. The molecule has 3 unspecified atom stereocenters. The number of pyridine rings is 1. The van der Waals surface area contributed by atoms with Crippen molar-refractivity contribution in [3.63, 3.8) is 0 Å². The standard InChI is InChI=1S/C15H18N4O.ClH/c1-2-4-12-11(3-1)9-13(17-12)15-18-14(19-20-15)10-5-7-16-8-6-10;/h5-8,11-13,17H,1-4,9H2;1H. The van der Waals surface area contributed by atoms with Gasteiger partial charge in [-0.05, 0) is 37.3 Å². The third-order valence-corrected chi connectivity index (χ3v) is 4.54. The van der Waals surface area contributed by atoms with Gasteiger partial charge in [0.1, 0.15) is 0 Å². The van der Waals surface area contributed by atoms with Gasteiger partial charge in [-0.3, -0.25) is 4.98 Å². The van der Waals surface area contributed by atoms with Crippen LogP contribution in [0.3, 0.4) is 0 Å². The highest BCUT2D eigenvalue weighted by atomic mass is 35.5. The molecule has 1 saturated heterocycles. The van der Waals surface area contributed by atoms with Gasteiger partial charge in [0.2, 0.25) is 11.7 Å². The molecule has 3 atom stereocenters. The fourth-order valence-corrected chi connectivity index (χ4v) is 3.51. The maximum Gasteiger partial charge on any atom is 0.244 e. The zero-order chi connectivity index (χ0) is 13.4. The van der Waals surface area contributed by atoms with Crippen LogP contribution in [0.4, 0.5) is 0 Å². The van der Waals surface area contributed by atoms with Gasteiger partial charge in [0.05, 0.1) is 6.04 Å². The molecule has 0 spiro atoms. The maximum atomic E-state index is 5.47. The van der Waals surface area contributed by atoms with Crippen LogP contribution in [0, 0.1) is 5.92 Å². The van der Waals surface area contributed by atoms with Crippen LogP contribution in [-0.4, -0.2) is 21.2 Å². The van der Waals surface area contributed by atoms with E-state index in [1.165, 1.54) is 25.7 Å². The molecule has 2 fully saturated rings. The summed E-state index contributed by atoms with van der Waals surface area (Å²) in [5.41, 5.74) is 0.949. The van der Waals surface area contributed by atoms with Crippen molar-refractivity contribution in [1.29, 1.82) is 0 Å². The molecule has 1 saturated carbocycles. The third kappa shape index (κ3) is 2.80. The van der Waals surface area contributed by atoms with Crippen LogP contribution in [0.1, 0.15) is 44.0 Å². The van der Waals surface area contributed by atoms with E-state index < -0.39 is 0 Å². The number of hydrogen-bond donors (Lipinski definition) is 1. The van der Waals surface area contributed by atoms with Gasteiger partial charge in [-0.25, -0.2) is 0 Å². The fraction of sp³-hybridized carbons (Fsp3) is 0.533. The Kier molecular flexibility index (Phi) is 4.22. The highest BCUT2D eigenvalue weighted by Gasteiger charge is 2.38. The highest BCUT2D eigenvalue weighted by Crippen LogP contribution is 2.38. The lowest BCUT2D eigenvalue weighted by molar-refractivity contribution is 0.324. The summed E-state index contributed by atoms with van der Waals surface area (Å²) in [4.78, 5) is 8.56. The predicted molar refractivity (Wildman–Crippen MR) is 81.0 cm³/mol. The number of hydrogen-bond acceptors (Lipinski definition) is 5. The summed E-state index contributed by atoms with van der Waals surface area (Å²) in [7, 11) is 0. The summed E-state index contributed by atoms with van der Waals surface area (Å²) in [6.07, 6.45) is 9.94. The van der Waals surface area contributed by atoms with Crippen LogP contribution in [0.15, 0.2) is 29.0 Å². The summed E-state index contributed by atoms with van der Waals surface area (Å²) < 4.78 is 5.47. The Morgan fingerprint density at radius 2 is 1.95 bits per heavy atom. The van der Waals surface area contributed by atoms with Gasteiger partial charge in [0.15, 0.2) is 0 Å². The second kappa shape index (κ2) is 6.12. The molecule has 4 rings (SSSR count). The first-order chi connectivity index (χ1) is 9.90. The Balaban J connectivity index is 0.00000132. The first-order valence-corrected chi connectivity index (χ1v) is 7.40. The Hall–Kier alpha value is -1.46. The second-order valence-corrected chi connectivity index (χ2v) is 5.80. The molecule has 0 amide bonds. The normalized spacial score (nSPS) is 27.9. The van der Waals surface area contributed by atoms with Gasteiger partial charge in [-0.15, -0.1) is 12.4 Å². The average Bonchev–Trinajstić information content (AvgIpc) is 3.14. The Morgan fingerprint density at radius 1 is 1.14 bits per heavy atom. The SMILES string of the molecule is Cl.c1cc(-c2noc(C3CC4CCCCC4N3)n2)ccn1. The Morgan fingerprint density at radius 3 is 2.76 bits per heavy atom. The second-order valence-electron chi connectivity index (χ2n) is 5.80. The van der Waals surface area contributed by atoms with E-state index in [2.05, 4.69) is 20.4 Å². The maximum absolute atomic E-state index is 5.47. The molecular weight excluding hydrogens is 288 g/mol. The summed E-state index contributed by atoms with van der Waals surface area (Å²) in [6.45, 7) is 0. The van der Waals surface area contributed by atoms with Gasteiger partial charge in [0, 0.05) is 24.0 Å². The molecule has 3 heterocycles. The van der Waals surface area contributed by atoms with E-state index in [1.807, 2.05) is 12.1 Å². The minimum absolute atomic E-state index is 0. The van der Waals surface area contributed by atoms with Crippen LogP contribution in [-0.2, 0) is 0 Å². The van der Waals surface area contributed by atoms with E-state index in [1.54, 1.807) is 12.4 Å². The molecule has 0 radical (unpaired) electrons. The largest absolute Gasteiger partial charge is 0.337 e. The third-order valence-electron chi connectivity index (χ3n) is 4.54. The quantitative estimate of drug-likeness (QED) is 0.923. The van der Waals surface area contributed by atoms with Crippen LogP contribution in [0.2, 0.25) is 0 Å². The summed E-state index contributed by atoms with van der Waals surface area (Å²) in [6, 6.07) is 4.67. The van der Waals surface area contributed by atoms with Crippen LogP contribution < -0.4 is 5.32 Å². The van der Waals surface area contributed by atoms with Gasteiger partial charge in [-0.1, -0.05) is 18.0 Å². The van der Waals surface area contributed by atoms with Crippen LogP contribution >= 0.6 is 12.4 Å². The highest BCUT2D eigenvalue weighted by molar-refractivity contribution is 5.85. The predicted octanol–water partition coefficient (Wildman–Crippen LogP) is 3.15. The molecule has 6 heteroatoms. The number of halogens is 1. The molecule has 2 aliphatic rings. The van der Waals surface area contributed by atoms with Gasteiger partial charge >= 0.3 is 0 Å². The van der Waals surface area contributed by atoms with Gasteiger partial charge in [0.25, 0.3) is 0 Å². The lowest BCUT2D eigenvalue weighted by Crippen LogP contribution is -2.30. The van der Waals surface area contributed by atoms with E-state index >= 15 is 0 Å². The van der Waals surface area contributed by atoms with Crippen molar-refractivity contribution >= 4 is 12.4 Å². The van der Waals surface area contributed by atoms with Crippen molar-refractivity contribution < 1.29 is 4.52 Å². The first-order valence-electron chi connectivity index (χ1n) is 7.40. The van der Waals surface area contributed by atoms with E-state index in [0.717, 1.165) is 23.8 Å². The number of rotatable bonds is 2. The Labute approximate surface area is 130 Å². The molecule has 112 valence electrons. The molecule has 5 nitrogen and oxygen atoms in total. The molecule has 2 aromatic heterocycles. The smallest absolute Gasteiger partial charge is 0.244 e. The molecule has 1 N–H and O–H groups in total.